The normalized spacial score (nSPS) is 10.4. The average molecular weight is 348 g/mol. The maximum absolute atomic E-state index is 11.9. The molecule has 10 heteroatoms. The monoisotopic (exact) mass is 348 g/mol. The number of hydrogen-bond acceptors (Lipinski definition) is 8. The molecule has 8 nitrogen and oxygen atoms in total. The fourth-order valence-electron chi connectivity index (χ4n) is 1.66. The van der Waals surface area contributed by atoms with E-state index in [-0.39, 0.29) is 5.76 Å². The van der Waals surface area contributed by atoms with Crippen LogP contribution in [0, 0.1) is 10.1 Å². The number of nitrogens with zero attached hydrogens (tertiary/aromatic N) is 3. The molecule has 0 aliphatic carbocycles. The average Bonchev–Trinajstić information content (AvgIpc) is 3.20. The summed E-state index contributed by atoms with van der Waals surface area (Å²) in [6.45, 7) is 0. The Labute approximate surface area is 137 Å². The Morgan fingerprint density at radius 2 is 2.04 bits per heavy atom. The maximum atomic E-state index is 11.9. The van der Waals surface area contributed by atoms with E-state index in [0.29, 0.717) is 5.69 Å². The highest BCUT2D eigenvalue weighted by Crippen LogP contribution is 2.29. The number of carbonyl (C=O) groups is 1. The minimum atomic E-state index is -0.698. The Morgan fingerprint density at radius 3 is 2.65 bits per heavy atom. The summed E-state index contributed by atoms with van der Waals surface area (Å²) in [6, 6.07) is 9.49. The molecule has 3 aromatic rings. The number of anilines is 1. The van der Waals surface area contributed by atoms with E-state index in [1.165, 1.54) is 29.2 Å². The molecule has 116 valence electrons. The molecule has 0 bridgehead atoms. The van der Waals surface area contributed by atoms with Gasteiger partial charge in [0.2, 0.25) is 0 Å². The van der Waals surface area contributed by atoms with Crippen LogP contribution in [0.15, 0.2) is 55.6 Å². The number of hydrogen-bond donors (Lipinski definition) is 1. The second kappa shape index (κ2) is 6.58. The first-order valence-corrected chi connectivity index (χ1v) is 7.91. The van der Waals surface area contributed by atoms with Gasteiger partial charge in [0.05, 0.1) is 6.07 Å². The summed E-state index contributed by atoms with van der Waals surface area (Å²) in [4.78, 5) is 22.7. The molecule has 1 aromatic carbocycles. The lowest BCUT2D eigenvalue weighted by Gasteiger charge is -2.04. The lowest BCUT2D eigenvalue weighted by Crippen LogP contribution is -2.10. The van der Waals surface area contributed by atoms with Gasteiger partial charge in [0.15, 0.2) is 10.1 Å². The highest BCUT2D eigenvalue weighted by molar-refractivity contribution is 8.01. The standard InChI is InChI=1S/C13H8N4O4S2/c18-12(10-5-6-11(21-10)17(19)20)15-8-1-3-9(4-2-8)23-13-16-14-7-22-13/h1-7H,(H,15,18). The van der Waals surface area contributed by atoms with Crippen LogP contribution < -0.4 is 5.32 Å². The minimum Gasteiger partial charge on any atom is -0.395 e. The summed E-state index contributed by atoms with van der Waals surface area (Å²) in [6.07, 6.45) is 0. The summed E-state index contributed by atoms with van der Waals surface area (Å²) >= 11 is 2.90. The number of nitrogens with one attached hydrogen (secondary N) is 1. The predicted octanol–water partition coefficient (Wildman–Crippen LogP) is 3.44. The van der Waals surface area contributed by atoms with Crippen molar-refractivity contribution in [3.8, 4) is 0 Å². The lowest BCUT2D eigenvalue weighted by molar-refractivity contribution is -0.402. The third-order valence-electron chi connectivity index (χ3n) is 2.65. The van der Waals surface area contributed by atoms with Gasteiger partial charge in [0, 0.05) is 10.6 Å². The molecule has 0 fully saturated rings. The van der Waals surface area contributed by atoms with Gasteiger partial charge in [-0.15, -0.1) is 10.2 Å². The van der Waals surface area contributed by atoms with Crippen molar-refractivity contribution in [1.29, 1.82) is 0 Å². The van der Waals surface area contributed by atoms with Crippen LogP contribution in [0.5, 0.6) is 0 Å². The summed E-state index contributed by atoms with van der Waals surface area (Å²) in [5, 5.41) is 20.8. The molecule has 0 spiro atoms. The molecule has 3 rings (SSSR count). The summed E-state index contributed by atoms with van der Waals surface area (Å²) in [5.74, 6) is -1.15. The second-order valence-corrected chi connectivity index (χ2v) is 6.33. The number of aromatic nitrogens is 2. The van der Waals surface area contributed by atoms with Gasteiger partial charge in [0.1, 0.15) is 10.4 Å². The van der Waals surface area contributed by atoms with Gasteiger partial charge in [-0.3, -0.25) is 14.9 Å². The van der Waals surface area contributed by atoms with Crippen LogP contribution in [0.2, 0.25) is 0 Å². The molecule has 0 unspecified atom stereocenters. The Morgan fingerprint density at radius 1 is 1.26 bits per heavy atom. The molecule has 23 heavy (non-hydrogen) atoms. The van der Waals surface area contributed by atoms with Crippen molar-refractivity contribution in [3.63, 3.8) is 0 Å². The maximum Gasteiger partial charge on any atom is 0.433 e. The van der Waals surface area contributed by atoms with Crippen LogP contribution in [0.25, 0.3) is 0 Å². The molecular formula is C13H8N4O4S2. The second-order valence-electron chi connectivity index (χ2n) is 4.18. The fourth-order valence-corrected chi connectivity index (χ4v) is 3.11. The van der Waals surface area contributed by atoms with Crippen LogP contribution in [0.3, 0.4) is 0 Å². The van der Waals surface area contributed by atoms with Crippen molar-refractivity contribution in [2.75, 3.05) is 5.32 Å². The first-order valence-electron chi connectivity index (χ1n) is 6.21. The molecule has 0 atom stereocenters. The molecule has 0 radical (unpaired) electrons. The Hall–Kier alpha value is -2.72. The van der Waals surface area contributed by atoms with Crippen molar-refractivity contribution in [1.82, 2.24) is 10.2 Å². The van der Waals surface area contributed by atoms with E-state index < -0.39 is 16.7 Å². The molecule has 0 saturated heterocycles. The summed E-state index contributed by atoms with van der Waals surface area (Å²) in [7, 11) is 0. The van der Waals surface area contributed by atoms with Crippen LogP contribution in [0.4, 0.5) is 11.6 Å². The van der Waals surface area contributed by atoms with E-state index in [1.807, 2.05) is 12.1 Å². The molecule has 1 amide bonds. The van der Waals surface area contributed by atoms with Gasteiger partial charge in [0.25, 0.3) is 5.91 Å². The SMILES string of the molecule is O=C(Nc1ccc(Sc2nncs2)cc1)c1ccc([N+](=O)[O-])o1. The first-order chi connectivity index (χ1) is 11.1. The van der Waals surface area contributed by atoms with Gasteiger partial charge in [-0.1, -0.05) is 23.1 Å². The number of furan rings is 1. The van der Waals surface area contributed by atoms with E-state index in [4.69, 9.17) is 4.42 Å². The highest BCUT2D eigenvalue weighted by Gasteiger charge is 2.17. The topological polar surface area (TPSA) is 111 Å². The van der Waals surface area contributed by atoms with Crippen LogP contribution in [-0.4, -0.2) is 21.0 Å². The quantitative estimate of drug-likeness (QED) is 0.555. The van der Waals surface area contributed by atoms with Gasteiger partial charge >= 0.3 is 5.88 Å². The van der Waals surface area contributed by atoms with Gasteiger partial charge in [-0.25, -0.2) is 0 Å². The van der Waals surface area contributed by atoms with E-state index in [9.17, 15) is 14.9 Å². The molecule has 0 aliphatic heterocycles. The van der Waals surface area contributed by atoms with Crippen LogP contribution >= 0.6 is 23.1 Å². The Balaban J connectivity index is 1.65. The van der Waals surface area contributed by atoms with E-state index in [0.717, 1.165) is 15.3 Å². The number of benzene rings is 1. The third kappa shape index (κ3) is 3.73. The van der Waals surface area contributed by atoms with Crippen molar-refractivity contribution < 1.29 is 14.1 Å². The predicted molar refractivity (Wildman–Crippen MR) is 83.8 cm³/mol. The van der Waals surface area contributed by atoms with Crippen molar-refractivity contribution >= 4 is 40.6 Å². The van der Waals surface area contributed by atoms with E-state index >= 15 is 0 Å². The fraction of sp³-hybridized carbons (Fsp3) is 0. The largest absolute Gasteiger partial charge is 0.433 e. The molecule has 2 aromatic heterocycles. The smallest absolute Gasteiger partial charge is 0.395 e. The number of nitro groups is 1. The van der Waals surface area contributed by atoms with E-state index in [1.54, 1.807) is 17.6 Å². The van der Waals surface area contributed by atoms with Crippen LogP contribution in [0.1, 0.15) is 10.6 Å². The highest BCUT2D eigenvalue weighted by atomic mass is 32.2. The zero-order chi connectivity index (χ0) is 16.2. The molecule has 2 heterocycles. The lowest BCUT2D eigenvalue weighted by atomic mass is 10.3. The van der Waals surface area contributed by atoms with Gasteiger partial charge < -0.3 is 9.73 Å². The van der Waals surface area contributed by atoms with Gasteiger partial charge in [-0.2, -0.15) is 0 Å². The van der Waals surface area contributed by atoms with E-state index in [2.05, 4.69) is 15.5 Å². The van der Waals surface area contributed by atoms with Crippen molar-refractivity contribution in [2.45, 2.75) is 9.24 Å². The summed E-state index contributed by atoms with van der Waals surface area (Å²) in [5.41, 5.74) is 2.20. The zero-order valence-corrected chi connectivity index (χ0v) is 13.0. The Kier molecular flexibility index (Phi) is 4.35. The third-order valence-corrected chi connectivity index (χ3v) is 4.44. The molecule has 1 N–H and O–H groups in total. The number of rotatable bonds is 5. The molecule has 0 saturated carbocycles. The van der Waals surface area contributed by atoms with Crippen LogP contribution in [-0.2, 0) is 0 Å². The molecular weight excluding hydrogens is 340 g/mol. The summed E-state index contributed by atoms with van der Waals surface area (Å²) < 4.78 is 5.67. The van der Waals surface area contributed by atoms with Gasteiger partial charge in [-0.05, 0) is 30.3 Å². The van der Waals surface area contributed by atoms with Crippen molar-refractivity contribution in [2.24, 2.45) is 0 Å². The molecule has 0 aliphatic rings. The minimum absolute atomic E-state index is 0.121. The zero-order valence-electron chi connectivity index (χ0n) is 11.3. The van der Waals surface area contributed by atoms with Crippen molar-refractivity contribution in [3.05, 3.63) is 57.8 Å². The Bertz CT molecular complexity index is 830. The number of carbonyl (C=O) groups excluding carboxylic acids is 1. The number of amides is 1. The first kappa shape index (κ1) is 15.2.